The Kier molecular flexibility index (Phi) is 11.5. The minimum absolute atomic E-state index is 0.0299. The van der Waals surface area contributed by atoms with E-state index in [1.54, 1.807) is 6.33 Å². The van der Waals surface area contributed by atoms with Crippen molar-refractivity contribution in [2.45, 2.75) is 25.5 Å². The molecule has 2 aromatic rings. The van der Waals surface area contributed by atoms with Crippen LogP contribution in [-0.2, 0) is 52.6 Å². The minimum atomic E-state index is -0.239. The van der Waals surface area contributed by atoms with Gasteiger partial charge >= 0.3 is 0 Å². The molecule has 0 fully saturated rings. The third-order valence-electron chi connectivity index (χ3n) is 4.30. The van der Waals surface area contributed by atoms with Crippen LogP contribution in [0.25, 0.3) is 11.2 Å². The Morgan fingerprint density at radius 3 is 2.30 bits per heavy atom. The largest absolute Gasteiger partial charge is 0.479 e. The molecule has 2 aromatic heterocycles. The van der Waals surface area contributed by atoms with E-state index in [4.69, 9.17) is 47.8 Å². The van der Waals surface area contributed by atoms with Crippen molar-refractivity contribution in [3.8, 4) is 5.88 Å². The van der Waals surface area contributed by atoms with Crippen LogP contribution in [0.3, 0.4) is 0 Å². The maximum atomic E-state index is 9.06. The summed E-state index contributed by atoms with van der Waals surface area (Å²) in [5, 5.41) is 18.1. The molecular weight excluding hydrogens is 466 g/mol. The van der Waals surface area contributed by atoms with Crippen LogP contribution >= 0.6 is 0 Å². The minimum Gasteiger partial charge on any atom is -0.479 e. The van der Waals surface area contributed by atoms with Crippen molar-refractivity contribution in [1.82, 2.24) is 19.5 Å². The van der Waals surface area contributed by atoms with Gasteiger partial charge in [-0.1, -0.05) is 22.4 Å². The van der Waals surface area contributed by atoms with Gasteiger partial charge in [-0.05, 0) is 12.8 Å². The van der Waals surface area contributed by atoms with Gasteiger partial charge < -0.3 is 30.0 Å². The van der Waals surface area contributed by atoms with Crippen molar-refractivity contribution in [1.29, 1.82) is 0 Å². The van der Waals surface area contributed by atoms with E-state index in [2.05, 4.69) is 15.0 Å². The maximum absolute atomic E-state index is 9.06. The number of aliphatic hydroxyl groups excluding tert-OH is 2. The number of nitrogens with two attached hydrogens (primary N) is 1. The Morgan fingerprint density at radius 1 is 1.10 bits per heavy atom. The summed E-state index contributed by atoms with van der Waals surface area (Å²) in [6, 6.07) is 0. The summed E-state index contributed by atoms with van der Waals surface area (Å²) in [7, 11) is 1.04. The van der Waals surface area contributed by atoms with Gasteiger partial charge in [-0.15, -0.1) is 18.9 Å². The maximum Gasteiger partial charge on any atom is 0.246 e. The van der Waals surface area contributed by atoms with Crippen molar-refractivity contribution in [2.24, 2.45) is 0 Å². The van der Waals surface area contributed by atoms with Gasteiger partial charge in [0.05, 0.1) is 39.4 Å². The molecule has 0 radical (unpaired) electrons. The van der Waals surface area contributed by atoms with E-state index in [0.29, 0.717) is 41.7 Å². The van der Waals surface area contributed by atoms with Crippen LogP contribution in [0.4, 0.5) is 5.95 Å². The van der Waals surface area contributed by atoms with Gasteiger partial charge in [0.2, 0.25) is 11.8 Å². The van der Waals surface area contributed by atoms with Crippen molar-refractivity contribution in [3.05, 3.63) is 6.33 Å². The summed E-state index contributed by atoms with van der Waals surface area (Å²) in [6.45, 7) is 1.26. The molecule has 0 saturated heterocycles. The lowest BCUT2D eigenvalue weighted by Gasteiger charge is -2.19. The molecule has 4 N–H and O–H groups in total. The second-order valence-electron chi connectivity index (χ2n) is 6.41. The van der Waals surface area contributed by atoms with Gasteiger partial charge in [-0.25, -0.2) is 4.98 Å². The number of nitrogens with zero attached hydrogens (tertiary/aromatic N) is 4. The second kappa shape index (κ2) is 13.6. The lowest BCUT2D eigenvalue weighted by Crippen LogP contribution is -2.22. The first-order chi connectivity index (χ1) is 14.5. The van der Waals surface area contributed by atoms with Crippen molar-refractivity contribution in [3.63, 3.8) is 0 Å². The monoisotopic (exact) mass is 495 g/mol. The van der Waals surface area contributed by atoms with Crippen molar-refractivity contribution < 1.29 is 19.7 Å². The Labute approximate surface area is 190 Å². The quantitative estimate of drug-likeness (QED) is 0.304. The highest BCUT2D eigenvalue weighted by Crippen LogP contribution is 2.21. The Hall–Kier alpha value is -0.830. The number of imidazole rings is 1. The van der Waals surface area contributed by atoms with Gasteiger partial charge in [0.25, 0.3) is 0 Å². The van der Waals surface area contributed by atoms with Crippen LogP contribution in [0.15, 0.2) is 6.33 Å². The number of hydrogen-bond acceptors (Lipinski definition) is 10. The Morgan fingerprint density at radius 2 is 1.73 bits per heavy atom. The molecule has 0 aliphatic rings. The molecule has 2 unspecified atom stereocenters. The topological polar surface area (TPSA) is 129 Å². The second-order valence-corrected chi connectivity index (χ2v) is 12.6. The predicted molar refractivity (Wildman–Crippen MR) is 128 cm³/mol. The first-order valence-electron chi connectivity index (χ1n) is 9.54. The fourth-order valence-electron chi connectivity index (χ4n) is 2.80. The average molecular weight is 496 g/mol. The molecule has 0 bridgehead atoms. The number of anilines is 1. The molecule has 0 aliphatic heterocycles. The molecule has 2 atom stereocenters. The number of fused-ring (bicyclic) bond motifs is 1. The van der Waals surface area contributed by atoms with Gasteiger partial charge in [-0.3, -0.25) is 0 Å². The standard InChI is InChI=1S/C17H29N5O4S4/c1-25-16-14-15(20-17(18)21-16)22(12-19-14)4-7-26-13(2-8-29(27)10-5-23)3-9-30(28)11-6-24/h12-13,23-24H,2-11H2,1H3,(H2,18,20,21). The number of aliphatic hydroxyl groups is 2. The molecular formula is C17H29N5O4S4. The number of methoxy groups -OCH3 is 1. The molecule has 13 heteroatoms. The average Bonchev–Trinajstić information content (AvgIpc) is 3.12. The van der Waals surface area contributed by atoms with Crippen LogP contribution in [0, 0.1) is 0 Å². The molecule has 170 valence electrons. The lowest BCUT2D eigenvalue weighted by molar-refractivity contribution is 0.0450. The zero-order valence-corrected chi connectivity index (χ0v) is 20.2. The molecule has 0 saturated carbocycles. The summed E-state index contributed by atoms with van der Waals surface area (Å²) < 4.78 is 13.2. The number of hydrogen-bond donors (Lipinski definition) is 3. The van der Waals surface area contributed by atoms with E-state index in [0.717, 1.165) is 24.3 Å². The van der Waals surface area contributed by atoms with E-state index in [1.165, 1.54) is 7.11 Å². The highest BCUT2D eigenvalue weighted by atomic mass is 32.8. The summed E-state index contributed by atoms with van der Waals surface area (Å²) in [6.07, 6.45) is 3.35. The molecule has 2 rings (SSSR count). The fraction of sp³-hybridized carbons (Fsp3) is 0.706. The summed E-state index contributed by atoms with van der Waals surface area (Å²) in [5.41, 5.74) is 6.92. The highest BCUT2D eigenvalue weighted by molar-refractivity contribution is 8.29. The van der Waals surface area contributed by atoms with Gasteiger partial charge in [0, 0.05) is 29.6 Å². The van der Waals surface area contributed by atoms with Crippen LogP contribution in [0.5, 0.6) is 5.88 Å². The van der Waals surface area contributed by atoms with Gasteiger partial charge in [0.15, 0.2) is 11.2 Å². The van der Waals surface area contributed by atoms with E-state index >= 15 is 0 Å². The van der Waals surface area contributed by atoms with Crippen LogP contribution in [0.1, 0.15) is 12.8 Å². The van der Waals surface area contributed by atoms with Gasteiger partial charge in [-0.2, -0.15) is 9.97 Å². The normalized spacial score (nSPS) is 14.6. The third kappa shape index (κ3) is 8.02. The molecule has 0 aromatic carbocycles. The number of aromatic nitrogens is 4. The molecule has 0 aliphatic carbocycles. The third-order valence-corrected chi connectivity index (χ3v) is 8.96. The molecule has 0 amide bonds. The predicted octanol–water partition coefficient (Wildman–Crippen LogP) is -0.272. The number of rotatable bonds is 15. The summed E-state index contributed by atoms with van der Waals surface area (Å²) in [5.74, 6) is 3.42. The first kappa shape index (κ1) is 25.4. The molecule has 2 heterocycles. The summed E-state index contributed by atoms with van der Waals surface area (Å²) >= 11 is 10.8. The van der Waals surface area contributed by atoms with E-state index in [9.17, 15) is 0 Å². The molecule has 9 nitrogen and oxygen atoms in total. The number of ether oxygens (including phenoxy) is 2. The number of nitrogen functional groups attached to an aromatic ring is 1. The SMILES string of the molecule is COc1nc(N)nc2c1ncn2CCOC(CCS(=S)CCO)CCS(=S)CCO. The van der Waals surface area contributed by atoms with Crippen molar-refractivity contribution in [2.75, 3.05) is 55.7 Å². The van der Waals surface area contributed by atoms with E-state index in [1.807, 2.05) is 4.57 Å². The van der Waals surface area contributed by atoms with E-state index in [-0.39, 0.29) is 44.2 Å². The van der Waals surface area contributed by atoms with E-state index < -0.39 is 0 Å². The van der Waals surface area contributed by atoms with Crippen LogP contribution in [0.2, 0.25) is 0 Å². The van der Waals surface area contributed by atoms with Crippen molar-refractivity contribution >= 4 is 58.4 Å². The Balaban J connectivity index is 1.96. The Bertz CT molecular complexity index is 829. The fourth-order valence-corrected chi connectivity index (χ4v) is 5.69. The van der Waals surface area contributed by atoms with Crippen LogP contribution < -0.4 is 10.5 Å². The molecule has 30 heavy (non-hydrogen) atoms. The van der Waals surface area contributed by atoms with Crippen LogP contribution in [-0.4, -0.2) is 85.8 Å². The first-order valence-corrected chi connectivity index (χ1v) is 14.5. The summed E-state index contributed by atoms with van der Waals surface area (Å²) in [4.78, 5) is 12.6. The molecule has 0 spiro atoms. The van der Waals surface area contributed by atoms with Gasteiger partial charge in [0.1, 0.15) is 0 Å². The smallest absolute Gasteiger partial charge is 0.246 e. The zero-order chi connectivity index (χ0) is 21.9. The highest BCUT2D eigenvalue weighted by Gasteiger charge is 2.15. The lowest BCUT2D eigenvalue weighted by atomic mass is 10.2. The zero-order valence-electron chi connectivity index (χ0n) is 16.9.